The monoisotopic (exact) mass is 265 g/mol. The van der Waals surface area contributed by atoms with Crippen molar-refractivity contribution in [2.75, 3.05) is 6.79 Å². The molecule has 0 atom stereocenters. The van der Waals surface area contributed by atoms with Gasteiger partial charge in [-0.05, 0) is 25.0 Å². The van der Waals surface area contributed by atoms with E-state index in [-0.39, 0.29) is 12.6 Å². The molecule has 0 amide bonds. The van der Waals surface area contributed by atoms with Crippen LogP contribution in [0.5, 0.6) is 5.75 Å². The van der Waals surface area contributed by atoms with Crippen molar-refractivity contribution in [1.82, 2.24) is 5.32 Å². The summed E-state index contributed by atoms with van der Waals surface area (Å²) >= 11 is 0. The second-order valence-electron chi connectivity index (χ2n) is 4.78. The number of fused-ring (bicyclic) bond motifs is 1. The summed E-state index contributed by atoms with van der Waals surface area (Å²) in [7, 11) is 0. The number of halogens is 1. The predicted octanol–water partition coefficient (Wildman–Crippen LogP) is 1.26. The van der Waals surface area contributed by atoms with Gasteiger partial charge in [0.25, 0.3) is 0 Å². The lowest BCUT2D eigenvalue weighted by atomic mass is 10.1. The maximum absolute atomic E-state index is 13.5. The van der Waals surface area contributed by atoms with Gasteiger partial charge in [-0.1, -0.05) is 0 Å². The Morgan fingerprint density at radius 3 is 3.11 bits per heavy atom. The smallest absolute Gasteiger partial charge is 0.189 e. The molecular formula is C13H16FN3O2. The van der Waals surface area contributed by atoms with E-state index < -0.39 is 0 Å². The average Bonchev–Trinajstić information content (AvgIpc) is 3.19. The number of nitrogens with two attached hydrogens (primary N) is 1. The molecule has 0 unspecified atom stereocenters. The molecular weight excluding hydrogens is 249 g/mol. The number of hydrogen-bond donors (Lipinski definition) is 2. The topological polar surface area (TPSA) is 68.9 Å². The maximum atomic E-state index is 13.5. The quantitative estimate of drug-likeness (QED) is 0.637. The number of nitrogens with zero attached hydrogens (tertiary/aromatic N) is 1. The number of aliphatic imine (C=N–C) groups is 1. The lowest BCUT2D eigenvalue weighted by molar-refractivity contribution is -0.0172. The van der Waals surface area contributed by atoms with Crippen molar-refractivity contribution in [2.45, 2.75) is 32.0 Å². The van der Waals surface area contributed by atoms with Crippen molar-refractivity contribution >= 4 is 5.96 Å². The van der Waals surface area contributed by atoms with Crippen molar-refractivity contribution in [3.8, 4) is 5.75 Å². The van der Waals surface area contributed by atoms with Gasteiger partial charge in [-0.3, -0.25) is 0 Å². The Kier molecular flexibility index (Phi) is 3.25. The van der Waals surface area contributed by atoms with Gasteiger partial charge in [0.05, 0.1) is 13.2 Å². The third-order valence-corrected chi connectivity index (χ3v) is 3.10. The van der Waals surface area contributed by atoms with Crippen LogP contribution in [0.1, 0.15) is 24.0 Å². The highest BCUT2D eigenvalue weighted by Crippen LogP contribution is 2.29. The molecule has 1 aromatic carbocycles. The highest BCUT2D eigenvalue weighted by molar-refractivity contribution is 5.78. The number of rotatable bonds is 3. The Morgan fingerprint density at radius 2 is 2.32 bits per heavy atom. The molecule has 5 nitrogen and oxygen atoms in total. The van der Waals surface area contributed by atoms with Crippen LogP contribution >= 0.6 is 0 Å². The van der Waals surface area contributed by atoms with Crippen LogP contribution in [-0.2, 0) is 17.9 Å². The fourth-order valence-corrected chi connectivity index (χ4v) is 2.03. The summed E-state index contributed by atoms with van der Waals surface area (Å²) in [5.74, 6) is 0.745. The molecule has 1 heterocycles. The van der Waals surface area contributed by atoms with Gasteiger partial charge in [0.2, 0.25) is 0 Å². The van der Waals surface area contributed by atoms with Crippen molar-refractivity contribution in [3.63, 3.8) is 0 Å². The van der Waals surface area contributed by atoms with Gasteiger partial charge in [0.1, 0.15) is 11.6 Å². The Balaban J connectivity index is 1.77. The Hall–Kier alpha value is -1.82. The summed E-state index contributed by atoms with van der Waals surface area (Å²) < 4.78 is 24.0. The first kappa shape index (κ1) is 12.2. The minimum Gasteiger partial charge on any atom is -0.467 e. The number of hydrogen-bond acceptors (Lipinski definition) is 3. The zero-order valence-electron chi connectivity index (χ0n) is 10.5. The lowest BCUT2D eigenvalue weighted by Crippen LogP contribution is -2.33. The second kappa shape index (κ2) is 5.05. The molecule has 0 radical (unpaired) electrons. The van der Waals surface area contributed by atoms with E-state index in [4.69, 9.17) is 15.2 Å². The van der Waals surface area contributed by atoms with Crippen molar-refractivity contribution in [1.29, 1.82) is 0 Å². The van der Waals surface area contributed by atoms with Crippen LogP contribution in [0.15, 0.2) is 17.1 Å². The molecule has 0 bridgehead atoms. The SMILES string of the molecule is NC(=NCc1cc(F)cc2c1OCOC2)NC1CC1. The van der Waals surface area contributed by atoms with Crippen LogP contribution in [0, 0.1) is 5.82 Å². The number of benzene rings is 1. The molecule has 1 saturated carbocycles. The fraction of sp³-hybridized carbons (Fsp3) is 0.462. The van der Waals surface area contributed by atoms with E-state index in [2.05, 4.69) is 10.3 Å². The molecule has 2 aliphatic rings. The standard InChI is InChI=1S/C13H16FN3O2/c14-10-3-8(5-16-13(15)17-11-1-2-11)12-9(4-10)6-18-7-19-12/h3-4,11H,1-2,5-7H2,(H3,15,16,17). The van der Waals surface area contributed by atoms with Crippen LogP contribution in [0.3, 0.4) is 0 Å². The molecule has 6 heteroatoms. The van der Waals surface area contributed by atoms with Crippen LogP contribution in [-0.4, -0.2) is 18.8 Å². The molecule has 1 aliphatic carbocycles. The molecule has 3 rings (SSSR count). The third kappa shape index (κ3) is 2.96. The summed E-state index contributed by atoms with van der Waals surface area (Å²) in [6.07, 6.45) is 2.26. The van der Waals surface area contributed by atoms with Crippen molar-refractivity contribution in [3.05, 3.63) is 29.1 Å². The van der Waals surface area contributed by atoms with Crippen LogP contribution in [0.4, 0.5) is 4.39 Å². The molecule has 102 valence electrons. The predicted molar refractivity (Wildman–Crippen MR) is 68.2 cm³/mol. The molecule has 0 aromatic heterocycles. The minimum atomic E-state index is -0.313. The fourth-order valence-electron chi connectivity index (χ4n) is 2.03. The van der Waals surface area contributed by atoms with Gasteiger partial charge in [-0.15, -0.1) is 0 Å². The van der Waals surface area contributed by atoms with Gasteiger partial charge in [-0.2, -0.15) is 0 Å². The second-order valence-corrected chi connectivity index (χ2v) is 4.78. The average molecular weight is 265 g/mol. The molecule has 0 saturated heterocycles. The van der Waals surface area contributed by atoms with Gasteiger partial charge >= 0.3 is 0 Å². The summed E-state index contributed by atoms with van der Waals surface area (Å²) in [6.45, 7) is 0.844. The van der Waals surface area contributed by atoms with Gasteiger partial charge in [-0.25, -0.2) is 9.38 Å². The highest BCUT2D eigenvalue weighted by Gasteiger charge is 2.21. The summed E-state index contributed by atoms with van der Waals surface area (Å²) in [4.78, 5) is 4.22. The minimum absolute atomic E-state index is 0.186. The van der Waals surface area contributed by atoms with E-state index in [0.29, 0.717) is 42.0 Å². The van der Waals surface area contributed by atoms with Crippen molar-refractivity contribution < 1.29 is 13.9 Å². The molecule has 3 N–H and O–H groups in total. The summed E-state index contributed by atoms with van der Waals surface area (Å²) in [5.41, 5.74) is 7.16. The first-order valence-electron chi connectivity index (χ1n) is 6.30. The maximum Gasteiger partial charge on any atom is 0.189 e. The van der Waals surface area contributed by atoms with Gasteiger partial charge < -0.3 is 20.5 Å². The normalized spacial score (nSPS) is 18.7. The number of guanidine groups is 1. The number of ether oxygens (including phenoxy) is 2. The van der Waals surface area contributed by atoms with E-state index in [9.17, 15) is 4.39 Å². The van der Waals surface area contributed by atoms with Crippen LogP contribution in [0.2, 0.25) is 0 Å². The van der Waals surface area contributed by atoms with Gasteiger partial charge in [0.15, 0.2) is 12.8 Å². The van der Waals surface area contributed by atoms with E-state index in [1.807, 2.05) is 0 Å². The van der Waals surface area contributed by atoms with E-state index >= 15 is 0 Å². The van der Waals surface area contributed by atoms with Gasteiger partial charge in [0, 0.05) is 17.2 Å². The van der Waals surface area contributed by atoms with Crippen molar-refractivity contribution in [2.24, 2.45) is 10.7 Å². The molecule has 19 heavy (non-hydrogen) atoms. The summed E-state index contributed by atoms with van der Waals surface area (Å²) in [6, 6.07) is 3.31. The molecule has 1 aliphatic heterocycles. The highest BCUT2D eigenvalue weighted by atomic mass is 19.1. The van der Waals surface area contributed by atoms with E-state index in [1.165, 1.54) is 12.1 Å². The molecule has 0 spiro atoms. The first-order valence-corrected chi connectivity index (χ1v) is 6.30. The molecule has 1 aromatic rings. The molecule has 1 fully saturated rings. The Morgan fingerprint density at radius 1 is 1.47 bits per heavy atom. The first-order chi connectivity index (χ1) is 9.22. The zero-order valence-corrected chi connectivity index (χ0v) is 10.5. The van der Waals surface area contributed by atoms with E-state index in [0.717, 1.165) is 12.8 Å². The Labute approximate surface area is 110 Å². The third-order valence-electron chi connectivity index (χ3n) is 3.10. The summed E-state index contributed by atoms with van der Waals surface area (Å²) in [5, 5.41) is 3.09. The van der Waals surface area contributed by atoms with Crippen LogP contribution < -0.4 is 15.8 Å². The Bertz CT molecular complexity index is 515. The van der Waals surface area contributed by atoms with Crippen LogP contribution in [0.25, 0.3) is 0 Å². The lowest BCUT2D eigenvalue weighted by Gasteiger charge is -2.20. The zero-order chi connectivity index (χ0) is 13.2. The number of nitrogens with one attached hydrogen (secondary N) is 1. The largest absolute Gasteiger partial charge is 0.467 e. The van der Waals surface area contributed by atoms with E-state index in [1.54, 1.807) is 0 Å².